The van der Waals surface area contributed by atoms with E-state index in [0.29, 0.717) is 16.9 Å². The zero-order valence-electron chi connectivity index (χ0n) is 15.5. The summed E-state index contributed by atoms with van der Waals surface area (Å²) in [5.74, 6) is 0.324. The van der Waals surface area contributed by atoms with Crippen LogP contribution in [-0.2, 0) is 6.42 Å². The number of nitrogens with zero attached hydrogens (tertiary/aromatic N) is 4. The van der Waals surface area contributed by atoms with Crippen molar-refractivity contribution in [3.05, 3.63) is 64.4 Å². The summed E-state index contributed by atoms with van der Waals surface area (Å²) >= 11 is 0. The highest BCUT2D eigenvalue weighted by Crippen LogP contribution is 2.20. The highest BCUT2D eigenvalue weighted by Gasteiger charge is 2.13. The number of hydrogen-bond acceptors (Lipinski definition) is 4. The van der Waals surface area contributed by atoms with Crippen LogP contribution in [0.25, 0.3) is 16.6 Å². The lowest BCUT2D eigenvalue weighted by Gasteiger charge is -2.11. The first kappa shape index (κ1) is 18.0. The van der Waals surface area contributed by atoms with Gasteiger partial charge in [-0.3, -0.25) is 4.79 Å². The molecule has 0 fully saturated rings. The van der Waals surface area contributed by atoms with Crippen molar-refractivity contribution in [2.75, 3.05) is 0 Å². The van der Waals surface area contributed by atoms with E-state index < -0.39 is 0 Å². The minimum Gasteiger partial charge on any atom is -0.268 e. The van der Waals surface area contributed by atoms with Crippen molar-refractivity contribution in [2.45, 2.75) is 46.1 Å². The third-order valence-corrected chi connectivity index (χ3v) is 4.39. The van der Waals surface area contributed by atoms with Crippen molar-refractivity contribution in [1.29, 1.82) is 0 Å². The minimum absolute atomic E-state index is 0.0961. The Bertz CT molecular complexity index is 991. The SMILES string of the molecule is CCCC(C)N=Nc1nc2ccccc2c(=O)n1-c1cccc(CC)c1. The highest BCUT2D eigenvalue weighted by atomic mass is 16.1. The van der Waals surface area contributed by atoms with Crippen LogP contribution in [0, 0.1) is 0 Å². The molecule has 0 amide bonds. The van der Waals surface area contributed by atoms with Crippen LogP contribution in [0.4, 0.5) is 5.95 Å². The lowest BCUT2D eigenvalue weighted by molar-refractivity contribution is 0.624. The lowest BCUT2D eigenvalue weighted by atomic mass is 10.1. The third kappa shape index (κ3) is 3.72. The summed E-state index contributed by atoms with van der Waals surface area (Å²) in [6.07, 6.45) is 2.89. The number of para-hydroxylation sites is 1. The van der Waals surface area contributed by atoms with Crippen LogP contribution in [-0.4, -0.2) is 15.6 Å². The summed E-state index contributed by atoms with van der Waals surface area (Å²) in [5.41, 5.74) is 2.44. The van der Waals surface area contributed by atoms with Crippen LogP contribution in [0.1, 0.15) is 39.2 Å². The van der Waals surface area contributed by atoms with E-state index in [-0.39, 0.29) is 11.6 Å². The first-order valence-electron chi connectivity index (χ1n) is 9.16. The molecule has 2 aromatic carbocycles. The summed E-state index contributed by atoms with van der Waals surface area (Å²) in [6, 6.07) is 15.4. The molecule has 1 atom stereocenters. The molecule has 26 heavy (non-hydrogen) atoms. The van der Waals surface area contributed by atoms with E-state index in [1.165, 1.54) is 0 Å². The number of benzene rings is 2. The Morgan fingerprint density at radius 2 is 1.92 bits per heavy atom. The second kappa shape index (κ2) is 8.04. The van der Waals surface area contributed by atoms with Gasteiger partial charge in [-0.25, -0.2) is 9.55 Å². The highest BCUT2D eigenvalue weighted by molar-refractivity contribution is 5.78. The zero-order chi connectivity index (χ0) is 18.5. The Hall–Kier alpha value is -2.82. The molecular weight excluding hydrogens is 324 g/mol. The summed E-state index contributed by atoms with van der Waals surface area (Å²) < 4.78 is 1.56. The van der Waals surface area contributed by atoms with Crippen LogP contribution < -0.4 is 5.56 Å². The van der Waals surface area contributed by atoms with Gasteiger partial charge in [0.2, 0.25) is 0 Å². The Morgan fingerprint density at radius 3 is 2.69 bits per heavy atom. The quantitative estimate of drug-likeness (QED) is 0.573. The fraction of sp³-hybridized carbons (Fsp3) is 0.333. The van der Waals surface area contributed by atoms with Gasteiger partial charge >= 0.3 is 0 Å². The van der Waals surface area contributed by atoms with Gasteiger partial charge < -0.3 is 0 Å². The maximum Gasteiger partial charge on any atom is 0.267 e. The number of rotatable bonds is 6. The standard InChI is InChI=1S/C21H24N4O/c1-4-9-15(3)23-24-21-22-19-13-7-6-12-18(19)20(26)25(21)17-11-8-10-16(5-2)14-17/h6-8,10-15H,4-5,9H2,1-3H3. The number of fused-ring (bicyclic) bond motifs is 1. The first-order valence-corrected chi connectivity index (χ1v) is 9.16. The summed E-state index contributed by atoms with van der Waals surface area (Å²) in [6.45, 7) is 6.23. The molecule has 0 saturated carbocycles. The Balaban J connectivity index is 2.22. The van der Waals surface area contributed by atoms with Gasteiger partial charge in [-0.15, -0.1) is 5.11 Å². The van der Waals surface area contributed by atoms with Crippen molar-refractivity contribution in [3.63, 3.8) is 0 Å². The maximum absolute atomic E-state index is 13.1. The van der Waals surface area contributed by atoms with Gasteiger partial charge in [-0.2, -0.15) is 5.11 Å². The smallest absolute Gasteiger partial charge is 0.267 e. The molecule has 5 heteroatoms. The molecule has 0 saturated heterocycles. The van der Waals surface area contributed by atoms with Crippen molar-refractivity contribution >= 4 is 16.9 Å². The third-order valence-electron chi connectivity index (χ3n) is 4.39. The predicted octanol–water partition coefficient (Wildman–Crippen LogP) is 5.22. The van der Waals surface area contributed by atoms with Gasteiger partial charge in [0.05, 0.1) is 22.6 Å². The second-order valence-corrected chi connectivity index (χ2v) is 6.45. The van der Waals surface area contributed by atoms with Crippen molar-refractivity contribution < 1.29 is 0 Å². The molecule has 0 aliphatic heterocycles. The molecule has 3 rings (SSSR count). The van der Waals surface area contributed by atoms with Crippen molar-refractivity contribution in [3.8, 4) is 5.69 Å². The number of azo groups is 1. The molecule has 1 aromatic heterocycles. The molecule has 0 aliphatic carbocycles. The van der Waals surface area contributed by atoms with E-state index in [1.54, 1.807) is 10.6 Å². The average molecular weight is 348 g/mol. The molecule has 1 heterocycles. The molecular formula is C21H24N4O. The van der Waals surface area contributed by atoms with E-state index in [4.69, 9.17) is 0 Å². The Morgan fingerprint density at radius 1 is 1.12 bits per heavy atom. The minimum atomic E-state index is -0.124. The zero-order valence-corrected chi connectivity index (χ0v) is 15.5. The van der Waals surface area contributed by atoms with E-state index in [1.807, 2.05) is 49.4 Å². The Kier molecular flexibility index (Phi) is 5.56. The molecule has 0 aliphatic rings. The van der Waals surface area contributed by atoms with Gasteiger partial charge in [-0.1, -0.05) is 44.5 Å². The lowest BCUT2D eigenvalue weighted by Crippen LogP contribution is -2.20. The van der Waals surface area contributed by atoms with E-state index >= 15 is 0 Å². The second-order valence-electron chi connectivity index (χ2n) is 6.45. The molecule has 1 unspecified atom stereocenters. The molecule has 0 bridgehead atoms. The largest absolute Gasteiger partial charge is 0.268 e. The van der Waals surface area contributed by atoms with Gasteiger partial charge in [-0.05, 0) is 49.6 Å². The summed E-state index contributed by atoms with van der Waals surface area (Å²) in [5, 5.41) is 9.29. The number of aryl methyl sites for hydroxylation is 1. The fourth-order valence-electron chi connectivity index (χ4n) is 2.96. The molecule has 3 aromatic rings. The summed E-state index contributed by atoms with van der Waals surface area (Å²) in [7, 11) is 0. The molecule has 0 spiro atoms. The van der Waals surface area contributed by atoms with Gasteiger partial charge in [0.25, 0.3) is 11.5 Å². The monoisotopic (exact) mass is 348 g/mol. The van der Waals surface area contributed by atoms with Crippen LogP contribution in [0.5, 0.6) is 0 Å². The van der Waals surface area contributed by atoms with Crippen molar-refractivity contribution in [2.24, 2.45) is 10.2 Å². The topological polar surface area (TPSA) is 59.6 Å². The molecule has 5 nitrogen and oxygen atoms in total. The Labute approximate surface area is 153 Å². The van der Waals surface area contributed by atoms with Crippen LogP contribution >= 0.6 is 0 Å². The maximum atomic E-state index is 13.1. The average Bonchev–Trinajstić information content (AvgIpc) is 2.67. The predicted molar refractivity (Wildman–Crippen MR) is 106 cm³/mol. The number of hydrogen-bond donors (Lipinski definition) is 0. The molecule has 0 radical (unpaired) electrons. The van der Waals surface area contributed by atoms with Crippen molar-refractivity contribution in [1.82, 2.24) is 9.55 Å². The van der Waals surface area contributed by atoms with Gasteiger partial charge in [0.15, 0.2) is 0 Å². The normalized spacial score (nSPS) is 12.7. The summed E-state index contributed by atoms with van der Waals surface area (Å²) in [4.78, 5) is 17.7. The van der Waals surface area contributed by atoms with Gasteiger partial charge in [0, 0.05) is 0 Å². The molecule has 134 valence electrons. The van der Waals surface area contributed by atoms with E-state index in [2.05, 4.69) is 29.1 Å². The van der Waals surface area contributed by atoms with Crippen LogP contribution in [0.3, 0.4) is 0 Å². The van der Waals surface area contributed by atoms with Crippen LogP contribution in [0.15, 0.2) is 63.6 Å². The van der Waals surface area contributed by atoms with E-state index in [0.717, 1.165) is 30.5 Å². The van der Waals surface area contributed by atoms with Gasteiger partial charge in [0.1, 0.15) is 0 Å². The fourth-order valence-corrected chi connectivity index (χ4v) is 2.96. The van der Waals surface area contributed by atoms with Crippen LogP contribution in [0.2, 0.25) is 0 Å². The first-order chi connectivity index (χ1) is 12.6. The number of aromatic nitrogens is 2. The molecule has 0 N–H and O–H groups in total. The van der Waals surface area contributed by atoms with E-state index in [9.17, 15) is 4.79 Å².